The molecule has 5 rings (SSSR count). The molecule has 1 N–H and O–H groups in total. The van der Waals surface area contributed by atoms with E-state index in [4.69, 9.17) is 9.47 Å². The van der Waals surface area contributed by atoms with Gasteiger partial charge >= 0.3 is 6.09 Å². The SMILES string of the molecule is CCOC(=O)Nc1nnc2c3cc(S(=O)(=O)N4CCOCC4)ccc3n(Cc3ccccc3)c2n1. The van der Waals surface area contributed by atoms with Crippen LogP contribution in [0.2, 0.25) is 0 Å². The molecule has 0 spiro atoms. The molecule has 0 aliphatic carbocycles. The summed E-state index contributed by atoms with van der Waals surface area (Å²) in [6.07, 6.45) is -0.682. The van der Waals surface area contributed by atoms with Crippen LogP contribution >= 0.6 is 0 Å². The summed E-state index contributed by atoms with van der Waals surface area (Å²) in [4.78, 5) is 16.6. The standard InChI is InChI=1S/C23H24N6O5S/c1-2-34-23(30)25-22-24-21-20(26-27-22)18-14-17(35(31,32)28-10-12-33-13-11-28)8-9-19(18)29(21)15-16-6-4-3-5-7-16/h3-9,14H,2,10-13,15H2,1H3,(H,24,25,27,30). The number of nitrogens with one attached hydrogen (secondary N) is 1. The molecule has 3 heterocycles. The van der Waals surface area contributed by atoms with Gasteiger partial charge in [0.2, 0.25) is 10.0 Å². The molecule has 182 valence electrons. The minimum Gasteiger partial charge on any atom is -0.450 e. The number of fused-ring (bicyclic) bond motifs is 3. The molecule has 1 amide bonds. The second-order valence-electron chi connectivity index (χ2n) is 7.92. The highest BCUT2D eigenvalue weighted by molar-refractivity contribution is 7.89. The number of hydrogen-bond donors (Lipinski definition) is 1. The minimum atomic E-state index is -3.70. The second-order valence-corrected chi connectivity index (χ2v) is 9.86. The average molecular weight is 497 g/mol. The van der Waals surface area contributed by atoms with Crippen LogP contribution in [-0.2, 0) is 26.0 Å². The summed E-state index contributed by atoms with van der Waals surface area (Å²) < 4.78 is 40.1. The van der Waals surface area contributed by atoms with Gasteiger partial charge in [0.25, 0.3) is 5.95 Å². The Kier molecular flexibility index (Phi) is 6.32. The fourth-order valence-corrected chi connectivity index (χ4v) is 5.50. The van der Waals surface area contributed by atoms with E-state index in [1.165, 1.54) is 4.31 Å². The minimum absolute atomic E-state index is 0.00534. The largest absolute Gasteiger partial charge is 0.450 e. The number of ether oxygens (including phenoxy) is 2. The van der Waals surface area contributed by atoms with Gasteiger partial charge in [0.15, 0.2) is 5.65 Å². The summed E-state index contributed by atoms with van der Waals surface area (Å²) in [5, 5.41) is 11.4. The zero-order chi connectivity index (χ0) is 24.4. The summed E-state index contributed by atoms with van der Waals surface area (Å²) in [6, 6.07) is 14.8. The third kappa shape index (κ3) is 4.55. The highest BCUT2D eigenvalue weighted by atomic mass is 32.2. The molecule has 2 aromatic heterocycles. The monoisotopic (exact) mass is 496 g/mol. The van der Waals surface area contributed by atoms with Crippen LogP contribution in [0.15, 0.2) is 53.4 Å². The van der Waals surface area contributed by atoms with Gasteiger partial charge in [-0.1, -0.05) is 30.3 Å². The fourth-order valence-electron chi connectivity index (χ4n) is 4.07. The maximum absolute atomic E-state index is 13.3. The molecule has 4 aromatic rings. The van der Waals surface area contributed by atoms with Crippen LogP contribution in [0.4, 0.5) is 10.7 Å². The van der Waals surface area contributed by atoms with Crippen molar-refractivity contribution in [3.05, 3.63) is 54.1 Å². The number of rotatable bonds is 6. The van der Waals surface area contributed by atoms with Gasteiger partial charge in [-0.05, 0) is 30.7 Å². The molecule has 1 aliphatic heterocycles. The summed E-state index contributed by atoms with van der Waals surface area (Å²) in [7, 11) is -3.70. The van der Waals surface area contributed by atoms with E-state index in [9.17, 15) is 13.2 Å². The van der Waals surface area contributed by atoms with Crippen LogP contribution in [0.3, 0.4) is 0 Å². The maximum atomic E-state index is 13.3. The number of sulfonamides is 1. The smallest absolute Gasteiger partial charge is 0.414 e. The van der Waals surface area contributed by atoms with E-state index in [1.54, 1.807) is 25.1 Å². The molecular weight excluding hydrogens is 472 g/mol. The Labute approximate surface area is 201 Å². The predicted octanol–water partition coefficient (Wildman–Crippen LogP) is 2.62. The van der Waals surface area contributed by atoms with Gasteiger partial charge in [0.05, 0.1) is 30.2 Å². The second kappa shape index (κ2) is 9.56. The normalized spacial score (nSPS) is 14.9. The highest BCUT2D eigenvalue weighted by Gasteiger charge is 2.27. The topological polar surface area (TPSA) is 129 Å². The van der Waals surface area contributed by atoms with E-state index in [0.717, 1.165) is 11.1 Å². The molecule has 0 saturated carbocycles. The Morgan fingerprint density at radius 2 is 1.89 bits per heavy atom. The molecule has 0 radical (unpaired) electrons. The Bertz CT molecular complexity index is 1480. The van der Waals surface area contributed by atoms with Crippen LogP contribution in [0.25, 0.3) is 22.1 Å². The van der Waals surface area contributed by atoms with Gasteiger partial charge in [-0.25, -0.2) is 13.2 Å². The van der Waals surface area contributed by atoms with Gasteiger partial charge in [-0.15, -0.1) is 10.2 Å². The first-order valence-corrected chi connectivity index (χ1v) is 12.6. The zero-order valence-corrected chi connectivity index (χ0v) is 19.9. The maximum Gasteiger partial charge on any atom is 0.414 e. The lowest BCUT2D eigenvalue weighted by Crippen LogP contribution is -2.40. The van der Waals surface area contributed by atoms with Crippen LogP contribution in [-0.4, -0.2) is 71.5 Å². The lowest BCUT2D eigenvalue weighted by molar-refractivity contribution is 0.0730. The van der Waals surface area contributed by atoms with Gasteiger partial charge in [-0.2, -0.15) is 9.29 Å². The van der Waals surface area contributed by atoms with Crippen LogP contribution in [0.1, 0.15) is 12.5 Å². The summed E-state index contributed by atoms with van der Waals surface area (Å²) in [5.74, 6) is -0.00534. The van der Waals surface area contributed by atoms with Crippen molar-refractivity contribution >= 4 is 44.1 Å². The zero-order valence-electron chi connectivity index (χ0n) is 19.0. The van der Waals surface area contributed by atoms with Crippen LogP contribution in [0, 0.1) is 0 Å². The number of anilines is 1. The number of nitrogens with zero attached hydrogens (tertiary/aromatic N) is 5. The lowest BCUT2D eigenvalue weighted by Gasteiger charge is -2.26. The average Bonchev–Trinajstić information content (AvgIpc) is 3.17. The molecule has 35 heavy (non-hydrogen) atoms. The van der Waals surface area contributed by atoms with Gasteiger partial charge in [0.1, 0.15) is 5.52 Å². The highest BCUT2D eigenvalue weighted by Crippen LogP contribution is 2.30. The molecule has 0 unspecified atom stereocenters. The first-order chi connectivity index (χ1) is 17.0. The van der Waals surface area contributed by atoms with Gasteiger partial charge in [0, 0.05) is 25.0 Å². The molecule has 1 saturated heterocycles. The molecule has 0 bridgehead atoms. The lowest BCUT2D eigenvalue weighted by atomic mass is 10.2. The number of amides is 1. The molecular formula is C23H24N6O5S. The molecule has 12 heteroatoms. The predicted molar refractivity (Wildman–Crippen MR) is 129 cm³/mol. The van der Waals surface area contributed by atoms with Gasteiger partial charge in [-0.3, -0.25) is 5.32 Å². The van der Waals surface area contributed by atoms with E-state index in [1.807, 2.05) is 34.9 Å². The van der Waals surface area contributed by atoms with Gasteiger partial charge < -0.3 is 14.0 Å². The van der Waals surface area contributed by atoms with Crippen molar-refractivity contribution in [1.29, 1.82) is 0 Å². The number of morpholine rings is 1. The number of aromatic nitrogens is 4. The molecule has 1 aliphatic rings. The molecule has 2 aromatic carbocycles. The molecule has 11 nitrogen and oxygen atoms in total. The third-order valence-electron chi connectivity index (χ3n) is 5.72. The number of benzene rings is 2. The quantitative estimate of drug-likeness (QED) is 0.431. The first-order valence-electron chi connectivity index (χ1n) is 11.2. The van der Waals surface area contributed by atoms with E-state index < -0.39 is 16.1 Å². The Morgan fingerprint density at radius 3 is 2.63 bits per heavy atom. The van der Waals surface area contributed by atoms with Crippen molar-refractivity contribution in [2.24, 2.45) is 0 Å². The number of carbonyl (C=O) groups is 1. The van der Waals surface area contributed by atoms with E-state index in [-0.39, 0.29) is 17.5 Å². The van der Waals surface area contributed by atoms with E-state index >= 15 is 0 Å². The summed E-state index contributed by atoms with van der Waals surface area (Å²) in [6.45, 7) is 3.71. The molecule has 0 atom stereocenters. The molecule has 1 fully saturated rings. The van der Waals surface area contributed by atoms with Crippen molar-refractivity contribution in [1.82, 2.24) is 24.1 Å². The van der Waals surface area contributed by atoms with Crippen molar-refractivity contribution in [2.75, 3.05) is 38.2 Å². The first kappa shape index (κ1) is 23.1. The Morgan fingerprint density at radius 1 is 1.11 bits per heavy atom. The summed E-state index contributed by atoms with van der Waals surface area (Å²) in [5.41, 5.74) is 2.67. The van der Waals surface area contributed by atoms with E-state index in [2.05, 4.69) is 20.5 Å². The third-order valence-corrected chi connectivity index (χ3v) is 7.61. The van der Waals surface area contributed by atoms with Crippen molar-refractivity contribution in [3.63, 3.8) is 0 Å². The van der Waals surface area contributed by atoms with E-state index in [0.29, 0.717) is 49.4 Å². The summed E-state index contributed by atoms with van der Waals surface area (Å²) >= 11 is 0. The van der Waals surface area contributed by atoms with Crippen LogP contribution in [0.5, 0.6) is 0 Å². The van der Waals surface area contributed by atoms with Crippen molar-refractivity contribution in [2.45, 2.75) is 18.4 Å². The Balaban J connectivity index is 1.64. The number of hydrogen-bond acceptors (Lipinski definition) is 8. The number of carbonyl (C=O) groups excluding carboxylic acids is 1. The van der Waals surface area contributed by atoms with Crippen LogP contribution < -0.4 is 5.32 Å². The Hall–Kier alpha value is -3.61. The van der Waals surface area contributed by atoms with Crippen molar-refractivity contribution < 1.29 is 22.7 Å². The van der Waals surface area contributed by atoms with Crippen molar-refractivity contribution in [3.8, 4) is 0 Å². The fraction of sp³-hybridized carbons (Fsp3) is 0.304.